The summed E-state index contributed by atoms with van der Waals surface area (Å²) < 4.78 is 5.67. The summed E-state index contributed by atoms with van der Waals surface area (Å²) in [6.07, 6.45) is 4.44. The highest BCUT2D eigenvalue weighted by molar-refractivity contribution is 6.07. The van der Waals surface area contributed by atoms with E-state index >= 15 is 0 Å². The summed E-state index contributed by atoms with van der Waals surface area (Å²) in [5, 5.41) is 0. The Hall–Kier alpha value is -1.57. The van der Waals surface area contributed by atoms with Crippen molar-refractivity contribution in [2.45, 2.75) is 53.6 Å². The summed E-state index contributed by atoms with van der Waals surface area (Å²) >= 11 is 0. The molecule has 1 aromatic rings. The van der Waals surface area contributed by atoms with Gasteiger partial charge in [0.05, 0.1) is 6.10 Å². The van der Waals surface area contributed by atoms with Crippen molar-refractivity contribution in [3.8, 4) is 5.75 Å². The predicted octanol–water partition coefficient (Wildman–Crippen LogP) is 4.88. The molecule has 2 nitrogen and oxygen atoms in total. The van der Waals surface area contributed by atoms with Crippen LogP contribution in [0.3, 0.4) is 0 Å². The molecule has 1 aromatic carbocycles. The first-order valence-electron chi connectivity index (χ1n) is 8.29. The van der Waals surface area contributed by atoms with Gasteiger partial charge < -0.3 is 4.74 Å². The number of hydrogen-bond donors (Lipinski definition) is 0. The van der Waals surface area contributed by atoms with Gasteiger partial charge in [0.25, 0.3) is 0 Å². The van der Waals surface area contributed by atoms with Crippen LogP contribution >= 0.6 is 0 Å². The van der Waals surface area contributed by atoms with Crippen molar-refractivity contribution < 1.29 is 9.53 Å². The molecule has 0 aromatic heterocycles. The Bertz CT molecular complexity index is 622. The zero-order chi connectivity index (χ0) is 16.1. The Morgan fingerprint density at radius 2 is 1.82 bits per heavy atom. The summed E-state index contributed by atoms with van der Waals surface area (Å²) in [5.74, 6) is 1.64. The molecule has 2 aliphatic rings. The van der Waals surface area contributed by atoms with Crippen LogP contribution in [0.5, 0.6) is 5.75 Å². The third-order valence-electron chi connectivity index (χ3n) is 5.94. The minimum absolute atomic E-state index is 0.0800. The fourth-order valence-electron chi connectivity index (χ4n) is 4.19. The molecule has 2 saturated carbocycles. The van der Waals surface area contributed by atoms with Crippen molar-refractivity contribution in [3.05, 3.63) is 35.4 Å². The van der Waals surface area contributed by atoms with Gasteiger partial charge in [0.2, 0.25) is 0 Å². The van der Waals surface area contributed by atoms with Crippen molar-refractivity contribution in [2.24, 2.45) is 16.7 Å². The lowest BCUT2D eigenvalue weighted by atomic mass is 9.70. The average molecular weight is 298 g/mol. The number of carbonyl (C=O) groups excluding carboxylic acids is 1. The lowest BCUT2D eigenvalue weighted by molar-refractivity contribution is -0.125. The highest BCUT2D eigenvalue weighted by Gasteiger charge is 2.63. The van der Waals surface area contributed by atoms with Gasteiger partial charge >= 0.3 is 0 Å². The van der Waals surface area contributed by atoms with E-state index in [4.69, 9.17) is 4.74 Å². The van der Waals surface area contributed by atoms with Gasteiger partial charge in [0, 0.05) is 5.41 Å². The van der Waals surface area contributed by atoms with E-state index in [-0.39, 0.29) is 16.9 Å². The van der Waals surface area contributed by atoms with E-state index in [9.17, 15) is 4.79 Å². The number of Topliss-reactive ketones (excluding diaryl/α,β-unsaturated/α-hetero) is 1. The van der Waals surface area contributed by atoms with Crippen LogP contribution in [-0.4, -0.2) is 11.9 Å². The predicted molar refractivity (Wildman–Crippen MR) is 89.8 cm³/mol. The van der Waals surface area contributed by atoms with Crippen LogP contribution in [0.25, 0.3) is 6.08 Å². The Balaban J connectivity index is 1.89. The van der Waals surface area contributed by atoms with E-state index < -0.39 is 0 Å². The molecular formula is C20H26O2. The quantitative estimate of drug-likeness (QED) is 0.743. The van der Waals surface area contributed by atoms with E-state index in [0.29, 0.717) is 11.7 Å². The Labute approximate surface area is 133 Å². The maximum Gasteiger partial charge on any atom is 0.165 e. The maximum atomic E-state index is 12.8. The number of ketones is 1. The molecule has 2 bridgehead atoms. The molecule has 0 amide bonds. The number of allylic oxidation sites excluding steroid dienone is 1. The van der Waals surface area contributed by atoms with Crippen LogP contribution < -0.4 is 4.74 Å². The molecule has 0 heterocycles. The molecule has 2 heteroatoms. The second-order valence-corrected chi connectivity index (χ2v) is 7.81. The monoisotopic (exact) mass is 298 g/mol. The van der Waals surface area contributed by atoms with E-state index in [1.807, 2.05) is 38.1 Å². The molecule has 118 valence electrons. The molecule has 0 radical (unpaired) electrons. The number of benzene rings is 1. The lowest BCUT2D eigenvalue weighted by Gasteiger charge is -2.31. The minimum Gasteiger partial charge on any atom is -0.491 e. The standard InChI is InChI=1S/C20H26O2/c1-13(2)22-15-8-6-14(7-9-15)12-16-17-10-11-20(5,18(16)21)19(17,3)4/h6-9,12-13,17H,10-11H2,1-5H3/b16-12+. The summed E-state index contributed by atoms with van der Waals surface area (Å²) in [6.45, 7) is 10.7. The highest BCUT2D eigenvalue weighted by Crippen LogP contribution is 2.65. The molecule has 2 unspecified atom stereocenters. The molecule has 2 atom stereocenters. The molecule has 0 saturated heterocycles. The van der Waals surface area contributed by atoms with Gasteiger partial charge in [0.1, 0.15) is 5.75 Å². The minimum atomic E-state index is -0.176. The SMILES string of the molecule is CC(C)Oc1ccc(/C=C2/C(=O)C3(C)CCC2C3(C)C)cc1. The fraction of sp³-hybridized carbons (Fsp3) is 0.550. The van der Waals surface area contributed by atoms with Crippen LogP contribution in [-0.2, 0) is 4.79 Å². The molecule has 3 rings (SSSR count). The fourth-order valence-corrected chi connectivity index (χ4v) is 4.19. The second kappa shape index (κ2) is 4.97. The third kappa shape index (κ3) is 2.12. The second-order valence-electron chi connectivity index (χ2n) is 7.81. The van der Waals surface area contributed by atoms with Crippen LogP contribution in [0.4, 0.5) is 0 Å². The van der Waals surface area contributed by atoms with Crippen molar-refractivity contribution in [2.75, 3.05) is 0 Å². The van der Waals surface area contributed by atoms with Gasteiger partial charge in [-0.05, 0) is 67.4 Å². The molecule has 0 spiro atoms. The van der Waals surface area contributed by atoms with Crippen molar-refractivity contribution in [3.63, 3.8) is 0 Å². The van der Waals surface area contributed by atoms with Crippen molar-refractivity contribution in [1.29, 1.82) is 0 Å². The summed E-state index contributed by atoms with van der Waals surface area (Å²) in [7, 11) is 0. The molecule has 2 aliphatic carbocycles. The first kappa shape index (κ1) is 15.3. The molecule has 22 heavy (non-hydrogen) atoms. The number of hydrogen-bond acceptors (Lipinski definition) is 2. The summed E-state index contributed by atoms with van der Waals surface area (Å²) in [6, 6.07) is 8.05. The Kier molecular flexibility index (Phi) is 3.47. The summed E-state index contributed by atoms with van der Waals surface area (Å²) in [4.78, 5) is 12.8. The first-order valence-corrected chi connectivity index (χ1v) is 8.29. The van der Waals surface area contributed by atoms with Crippen LogP contribution in [0.15, 0.2) is 29.8 Å². The van der Waals surface area contributed by atoms with Gasteiger partial charge in [-0.15, -0.1) is 0 Å². The molecule has 2 fully saturated rings. The first-order chi connectivity index (χ1) is 10.3. The van der Waals surface area contributed by atoms with E-state index in [2.05, 4.69) is 26.8 Å². The number of ether oxygens (including phenoxy) is 1. The third-order valence-corrected chi connectivity index (χ3v) is 5.94. The van der Waals surface area contributed by atoms with Crippen LogP contribution in [0.1, 0.15) is 53.0 Å². The highest BCUT2D eigenvalue weighted by atomic mass is 16.5. The maximum absolute atomic E-state index is 12.8. The zero-order valence-corrected chi connectivity index (χ0v) is 14.3. The largest absolute Gasteiger partial charge is 0.491 e. The number of fused-ring (bicyclic) bond motifs is 2. The van der Waals surface area contributed by atoms with Gasteiger partial charge in [-0.2, -0.15) is 0 Å². The summed E-state index contributed by atoms with van der Waals surface area (Å²) in [5.41, 5.74) is 2.02. The average Bonchev–Trinajstić information content (AvgIpc) is 2.75. The van der Waals surface area contributed by atoms with Crippen molar-refractivity contribution in [1.82, 2.24) is 0 Å². The van der Waals surface area contributed by atoms with E-state index in [0.717, 1.165) is 29.7 Å². The van der Waals surface area contributed by atoms with Gasteiger partial charge in [-0.3, -0.25) is 4.79 Å². The Morgan fingerprint density at radius 1 is 1.18 bits per heavy atom. The normalized spacial score (nSPS) is 31.3. The molecule has 0 N–H and O–H groups in total. The molecular weight excluding hydrogens is 272 g/mol. The molecule has 0 aliphatic heterocycles. The van der Waals surface area contributed by atoms with Crippen LogP contribution in [0.2, 0.25) is 0 Å². The van der Waals surface area contributed by atoms with Gasteiger partial charge in [-0.25, -0.2) is 0 Å². The van der Waals surface area contributed by atoms with Crippen LogP contribution in [0, 0.1) is 16.7 Å². The van der Waals surface area contributed by atoms with Gasteiger partial charge in [0.15, 0.2) is 5.78 Å². The lowest BCUT2D eigenvalue weighted by Crippen LogP contribution is -2.32. The zero-order valence-electron chi connectivity index (χ0n) is 14.3. The number of carbonyl (C=O) groups is 1. The Morgan fingerprint density at radius 3 is 2.32 bits per heavy atom. The smallest absolute Gasteiger partial charge is 0.165 e. The van der Waals surface area contributed by atoms with Gasteiger partial charge in [-0.1, -0.05) is 32.9 Å². The van der Waals surface area contributed by atoms with E-state index in [1.54, 1.807) is 0 Å². The van der Waals surface area contributed by atoms with Crippen molar-refractivity contribution >= 4 is 11.9 Å². The topological polar surface area (TPSA) is 26.3 Å². The number of rotatable bonds is 3. The van der Waals surface area contributed by atoms with E-state index in [1.165, 1.54) is 0 Å².